The molecule has 0 aliphatic heterocycles. The first-order valence-electron chi connectivity index (χ1n) is 6.17. The quantitative estimate of drug-likeness (QED) is 0.789. The molecular weight excluding hydrogens is 214 g/mol. The maximum Gasteiger partial charge on any atom is 0.317 e. The molecule has 1 aromatic rings. The van der Waals surface area contributed by atoms with E-state index in [1.165, 1.54) is 11.1 Å². The molecule has 0 aliphatic rings. The first-order valence-corrected chi connectivity index (χ1v) is 6.17. The van der Waals surface area contributed by atoms with Crippen LogP contribution in [0.1, 0.15) is 31.4 Å². The van der Waals surface area contributed by atoms with Gasteiger partial charge < -0.3 is 5.11 Å². The minimum atomic E-state index is -0.761. The normalized spacial score (nSPS) is 10.8. The summed E-state index contributed by atoms with van der Waals surface area (Å²) in [5.41, 5.74) is 2.49. The molecule has 1 aromatic carbocycles. The summed E-state index contributed by atoms with van der Waals surface area (Å²) in [5, 5.41) is 8.83. The minimum absolute atomic E-state index is 0.114. The average molecular weight is 235 g/mol. The van der Waals surface area contributed by atoms with Crippen molar-refractivity contribution in [3.8, 4) is 0 Å². The number of rotatable bonds is 7. The summed E-state index contributed by atoms with van der Waals surface area (Å²) in [6.07, 6.45) is 2.01. The molecule has 0 aromatic heterocycles. The van der Waals surface area contributed by atoms with Gasteiger partial charge in [0.05, 0.1) is 6.54 Å². The highest BCUT2D eigenvalue weighted by molar-refractivity contribution is 5.69. The third kappa shape index (κ3) is 5.00. The Morgan fingerprint density at radius 1 is 1.18 bits per heavy atom. The molecule has 17 heavy (non-hydrogen) atoms. The van der Waals surface area contributed by atoms with Crippen molar-refractivity contribution in [1.82, 2.24) is 4.90 Å². The predicted molar refractivity (Wildman–Crippen MR) is 69.0 cm³/mol. The van der Waals surface area contributed by atoms with E-state index in [2.05, 4.69) is 38.1 Å². The van der Waals surface area contributed by atoms with Crippen molar-refractivity contribution in [2.75, 3.05) is 13.1 Å². The standard InChI is InChI=1S/C14H21NO2/c1-3-9-15(11-14(16)17)10-13-7-5-12(4-2)6-8-13/h5-8H,3-4,9-11H2,1-2H3,(H,16,17). The average Bonchev–Trinajstić information content (AvgIpc) is 2.29. The van der Waals surface area contributed by atoms with E-state index in [-0.39, 0.29) is 6.54 Å². The summed E-state index contributed by atoms with van der Waals surface area (Å²) >= 11 is 0. The van der Waals surface area contributed by atoms with Crippen molar-refractivity contribution in [1.29, 1.82) is 0 Å². The fourth-order valence-electron chi connectivity index (χ4n) is 1.86. The molecule has 1 rings (SSSR count). The number of hydrogen-bond acceptors (Lipinski definition) is 2. The van der Waals surface area contributed by atoms with Crippen LogP contribution < -0.4 is 0 Å². The lowest BCUT2D eigenvalue weighted by Crippen LogP contribution is -2.30. The highest BCUT2D eigenvalue weighted by Crippen LogP contribution is 2.08. The fraction of sp³-hybridized carbons (Fsp3) is 0.500. The molecule has 0 saturated carbocycles. The predicted octanol–water partition coefficient (Wildman–Crippen LogP) is 2.55. The van der Waals surface area contributed by atoms with Crippen molar-refractivity contribution < 1.29 is 9.90 Å². The molecule has 0 amide bonds. The van der Waals surface area contributed by atoms with Crippen LogP contribution >= 0.6 is 0 Å². The van der Waals surface area contributed by atoms with Crippen LogP contribution in [0.5, 0.6) is 0 Å². The summed E-state index contributed by atoms with van der Waals surface area (Å²) in [5.74, 6) is -0.761. The Hall–Kier alpha value is -1.35. The smallest absolute Gasteiger partial charge is 0.317 e. The van der Waals surface area contributed by atoms with E-state index >= 15 is 0 Å². The number of carboxylic acids is 1. The van der Waals surface area contributed by atoms with Gasteiger partial charge in [0.1, 0.15) is 0 Å². The van der Waals surface area contributed by atoms with Crippen LogP contribution in [0, 0.1) is 0 Å². The van der Waals surface area contributed by atoms with Crippen molar-refractivity contribution in [3.05, 3.63) is 35.4 Å². The molecule has 3 nitrogen and oxygen atoms in total. The molecule has 94 valence electrons. The monoisotopic (exact) mass is 235 g/mol. The highest BCUT2D eigenvalue weighted by atomic mass is 16.4. The van der Waals surface area contributed by atoms with Crippen molar-refractivity contribution in [2.45, 2.75) is 33.2 Å². The molecule has 0 heterocycles. The zero-order valence-electron chi connectivity index (χ0n) is 10.6. The topological polar surface area (TPSA) is 40.5 Å². The minimum Gasteiger partial charge on any atom is -0.480 e. The number of carboxylic acid groups (broad SMARTS) is 1. The molecule has 0 bridgehead atoms. The Bertz CT molecular complexity index is 346. The van der Waals surface area contributed by atoms with Crippen molar-refractivity contribution >= 4 is 5.97 Å². The van der Waals surface area contributed by atoms with Crippen LogP contribution in [0.15, 0.2) is 24.3 Å². The number of aryl methyl sites for hydroxylation is 1. The molecule has 0 spiro atoms. The Balaban J connectivity index is 2.61. The van der Waals surface area contributed by atoms with Crippen LogP contribution in [-0.4, -0.2) is 29.1 Å². The van der Waals surface area contributed by atoms with Gasteiger partial charge in [0.15, 0.2) is 0 Å². The van der Waals surface area contributed by atoms with Gasteiger partial charge in [-0.15, -0.1) is 0 Å². The Kier molecular flexibility index (Phi) is 5.70. The molecule has 1 N–H and O–H groups in total. The van der Waals surface area contributed by atoms with E-state index in [4.69, 9.17) is 5.11 Å². The van der Waals surface area contributed by atoms with E-state index in [0.29, 0.717) is 6.54 Å². The number of nitrogens with zero attached hydrogens (tertiary/aromatic N) is 1. The summed E-state index contributed by atoms with van der Waals surface area (Å²) in [6.45, 7) is 5.84. The van der Waals surface area contributed by atoms with Crippen LogP contribution in [0.2, 0.25) is 0 Å². The molecule has 0 saturated heterocycles. The van der Waals surface area contributed by atoms with Gasteiger partial charge in [0, 0.05) is 6.54 Å². The van der Waals surface area contributed by atoms with Crippen LogP contribution in [0.4, 0.5) is 0 Å². The summed E-state index contributed by atoms with van der Waals surface area (Å²) in [7, 11) is 0. The highest BCUT2D eigenvalue weighted by Gasteiger charge is 2.09. The Morgan fingerprint density at radius 3 is 2.24 bits per heavy atom. The zero-order chi connectivity index (χ0) is 12.7. The van der Waals surface area contributed by atoms with Gasteiger partial charge in [-0.25, -0.2) is 0 Å². The summed E-state index contributed by atoms with van der Waals surface area (Å²) in [4.78, 5) is 12.7. The van der Waals surface area contributed by atoms with E-state index in [1.54, 1.807) is 0 Å². The second kappa shape index (κ2) is 7.07. The fourth-order valence-corrected chi connectivity index (χ4v) is 1.86. The number of benzene rings is 1. The molecule has 0 radical (unpaired) electrons. The Labute approximate surface area is 103 Å². The summed E-state index contributed by atoms with van der Waals surface area (Å²) < 4.78 is 0. The maximum absolute atomic E-state index is 10.7. The van der Waals surface area contributed by atoms with Gasteiger partial charge in [-0.05, 0) is 30.5 Å². The SMILES string of the molecule is CCCN(CC(=O)O)Cc1ccc(CC)cc1. The lowest BCUT2D eigenvalue weighted by molar-refractivity contribution is -0.138. The van der Waals surface area contributed by atoms with Gasteiger partial charge in [-0.1, -0.05) is 38.1 Å². The third-order valence-electron chi connectivity index (χ3n) is 2.74. The van der Waals surface area contributed by atoms with Crippen molar-refractivity contribution in [3.63, 3.8) is 0 Å². The first kappa shape index (κ1) is 13.7. The van der Waals surface area contributed by atoms with E-state index in [0.717, 1.165) is 19.4 Å². The first-order chi connectivity index (χ1) is 8.15. The molecule has 0 aliphatic carbocycles. The number of aliphatic carboxylic acids is 1. The largest absolute Gasteiger partial charge is 0.480 e. The van der Waals surface area contributed by atoms with E-state index in [1.807, 2.05) is 4.90 Å². The third-order valence-corrected chi connectivity index (χ3v) is 2.74. The summed E-state index contributed by atoms with van der Waals surface area (Å²) in [6, 6.07) is 8.40. The van der Waals surface area contributed by atoms with Gasteiger partial charge in [-0.3, -0.25) is 9.69 Å². The van der Waals surface area contributed by atoms with Crippen LogP contribution in [-0.2, 0) is 17.8 Å². The van der Waals surface area contributed by atoms with E-state index in [9.17, 15) is 4.79 Å². The van der Waals surface area contributed by atoms with Crippen LogP contribution in [0.25, 0.3) is 0 Å². The number of carbonyl (C=O) groups is 1. The molecule has 3 heteroatoms. The molecule has 0 atom stereocenters. The van der Waals surface area contributed by atoms with Crippen LogP contribution in [0.3, 0.4) is 0 Å². The van der Waals surface area contributed by atoms with Gasteiger partial charge >= 0.3 is 5.97 Å². The molecule has 0 fully saturated rings. The Morgan fingerprint density at radius 2 is 1.76 bits per heavy atom. The van der Waals surface area contributed by atoms with E-state index < -0.39 is 5.97 Å². The van der Waals surface area contributed by atoms with Gasteiger partial charge in [0.25, 0.3) is 0 Å². The van der Waals surface area contributed by atoms with Gasteiger partial charge in [-0.2, -0.15) is 0 Å². The molecule has 0 unspecified atom stereocenters. The maximum atomic E-state index is 10.7. The second-order valence-electron chi connectivity index (χ2n) is 4.27. The zero-order valence-corrected chi connectivity index (χ0v) is 10.6. The second-order valence-corrected chi connectivity index (χ2v) is 4.27. The lowest BCUT2D eigenvalue weighted by Gasteiger charge is -2.19. The number of hydrogen-bond donors (Lipinski definition) is 1. The van der Waals surface area contributed by atoms with Crippen molar-refractivity contribution in [2.24, 2.45) is 0 Å². The van der Waals surface area contributed by atoms with Gasteiger partial charge in [0.2, 0.25) is 0 Å². The lowest BCUT2D eigenvalue weighted by atomic mass is 10.1. The molecular formula is C14H21NO2.